The summed E-state index contributed by atoms with van der Waals surface area (Å²) < 4.78 is 39.6. The van der Waals surface area contributed by atoms with Crippen molar-refractivity contribution in [2.45, 2.75) is 12.7 Å². The zero-order chi connectivity index (χ0) is 19.6. The highest BCUT2D eigenvalue weighted by molar-refractivity contribution is 6.30. The van der Waals surface area contributed by atoms with Crippen molar-refractivity contribution in [3.05, 3.63) is 70.4 Å². The molecule has 1 amide bonds. The molecule has 3 aromatic rings. The maximum Gasteiger partial charge on any atom is 0.416 e. The van der Waals surface area contributed by atoms with Crippen LogP contribution in [0.4, 0.5) is 24.7 Å². The molecule has 0 radical (unpaired) electrons. The molecule has 0 saturated heterocycles. The van der Waals surface area contributed by atoms with Crippen molar-refractivity contribution in [1.82, 2.24) is 15.0 Å². The van der Waals surface area contributed by atoms with Crippen LogP contribution in [0.2, 0.25) is 5.02 Å². The van der Waals surface area contributed by atoms with Crippen LogP contribution in [0.15, 0.2) is 48.5 Å². The number of aromatic nitrogens is 3. The number of nitrogens with zero attached hydrogens (tertiary/aromatic N) is 3. The molecule has 1 aromatic heterocycles. The van der Waals surface area contributed by atoms with Crippen molar-refractivity contribution in [2.75, 3.05) is 11.1 Å². The monoisotopic (exact) mass is 395 g/mol. The van der Waals surface area contributed by atoms with Crippen LogP contribution in [0, 0.1) is 0 Å². The number of anilines is 2. The van der Waals surface area contributed by atoms with Gasteiger partial charge in [-0.05, 0) is 35.9 Å². The molecular weight excluding hydrogens is 383 g/mol. The lowest BCUT2D eigenvalue weighted by Gasteiger charge is -2.09. The Labute approximate surface area is 156 Å². The van der Waals surface area contributed by atoms with Crippen molar-refractivity contribution in [3.8, 4) is 0 Å². The molecule has 0 fully saturated rings. The number of alkyl halides is 3. The number of carbonyl (C=O) groups is 1. The number of rotatable bonds is 4. The predicted octanol–water partition coefficient (Wildman–Crippen LogP) is 3.83. The summed E-state index contributed by atoms with van der Waals surface area (Å²) in [6.07, 6.45) is -4.51. The molecule has 3 rings (SSSR count). The number of nitrogen functional groups attached to an aromatic ring is 1. The van der Waals surface area contributed by atoms with Gasteiger partial charge in [-0.25, -0.2) is 4.68 Å². The highest BCUT2D eigenvalue weighted by Gasteiger charge is 2.30. The number of carbonyl (C=O) groups excluding carboxylic acids is 1. The summed E-state index contributed by atoms with van der Waals surface area (Å²) in [5, 5.41) is 10.4. The van der Waals surface area contributed by atoms with Crippen molar-refractivity contribution in [2.24, 2.45) is 0 Å². The molecule has 0 bridgehead atoms. The molecule has 0 aliphatic carbocycles. The van der Waals surface area contributed by atoms with Gasteiger partial charge in [0.1, 0.15) is 0 Å². The van der Waals surface area contributed by atoms with E-state index < -0.39 is 17.6 Å². The third-order valence-electron chi connectivity index (χ3n) is 3.66. The van der Waals surface area contributed by atoms with Gasteiger partial charge >= 0.3 is 6.18 Å². The second-order valence-electron chi connectivity index (χ2n) is 5.64. The maximum atomic E-state index is 12.8. The molecule has 3 N–H and O–H groups in total. The van der Waals surface area contributed by atoms with E-state index in [4.69, 9.17) is 17.3 Å². The highest BCUT2D eigenvalue weighted by Crippen LogP contribution is 2.30. The summed E-state index contributed by atoms with van der Waals surface area (Å²) in [5.41, 5.74) is 5.61. The average molecular weight is 396 g/mol. The van der Waals surface area contributed by atoms with Crippen LogP contribution in [-0.2, 0) is 12.7 Å². The Bertz CT molecular complexity index is 987. The van der Waals surface area contributed by atoms with Gasteiger partial charge in [0, 0.05) is 10.7 Å². The van der Waals surface area contributed by atoms with Crippen LogP contribution < -0.4 is 11.1 Å². The third kappa shape index (κ3) is 4.37. The van der Waals surface area contributed by atoms with E-state index in [1.807, 2.05) is 0 Å². The Hall–Kier alpha value is -3.07. The smallest absolute Gasteiger partial charge is 0.382 e. The minimum Gasteiger partial charge on any atom is -0.382 e. The van der Waals surface area contributed by atoms with Gasteiger partial charge in [-0.15, -0.1) is 5.10 Å². The standard InChI is InChI=1S/C17H13ClF3N5O/c18-12-5-1-3-10(7-12)9-26-15(22)14(24-25-26)16(27)23-13-6-2-4-11(8-13)17(19,20)21/h1-8H,9,22H2,(H,23,27). The van der Waals surface area contributed by atoms with E-state index in [2.05, 4.69) is 15.6 Å². The predicted molar refractivity (Wildman–Crippen MR) is 94.4 cm³/mol. The van der Waals surface area contributed by atoms with E-state index in [0.29, 0.717) is 5.02 Å². The minimum atomic E-state index is -4.51. The molecule has 10 heteroatoms. The molecule has 0 spiro atoms. The average Bonchev–Trinajstić information content (AvgIpc) is 2.95. The molecule has 1 heterocycles. The molecule has 0 aliphatic heterocycles. The molecule has 140 valence electrons. The van der Waals surface area contributed by atoms with E-state index in [-0.39, 0.29) is 23.7 Å². The van der Waals surface area contributed by atoms with Gasteiger partial charge in [0.2, 0.25) is 0 Å². The zero-order valence-electron chi connectivity index (χ0n) is 13.7. The molecule has 2 aromatic carbocycles. The lowest BCUT2D eigenvalue weighted by Crippen LogP contribution is -2.16. The first-order chi connectivity index (χ1) is 12.7. The molecule has 0 atom stereocenters. The lowest BCUT2D eigenvalue weighted by molar-refractivity contribution is -0.137. The van der Waals surface area contributed by atoms with E-state index >= 15 is 0 Å². The number of nitrogens with one attached hydrogen (secondary N) is 1. The first kappa shape index (κ1) is 18.7. The number of amides is 1. The minimum absolute atomic E-state index is 0.0144. The Morgan fingerprint density at radius 1 is 1.19 bits per heavy atom. The van der Waals surface area contributed by atoms with E-state index in [1.54, 1.807) is 24.3 Å². The first-order valence-corrected chi connectivity index (χ1v) is 8.04. The SMILES string of the molecule is Nc1c(C(=O)Nc2cccc(C(F)(F)F)c2)nnn1Cc1cccc(Cl)c1. The highest BCUT2D eigenvalue weighted by atomic mass is 35.5. The van der Waals surface area contributed by atoms with Crippen LogP contribution in [0.1, 0.15) is 21.6 Å². The van der Waals surface area contributed by atoms with Crippen LogP contribution in [0.25, 0.3) is 0 Å². The second-order valence-corrected chi connectivity index (χ2v) is 6.08. The molecule has 27 heavy (non-hydrogen) atoms. The molecule has 0 unspecified atom stereocenters. The van der Waals surface area contributed by atoms with Crippen molar-refractivity contribution in [3.63, 3.8) is 0 Å². The fourth-order valence-electron chi connectivity index (χ4n) is 2.37. The number of nitrogens with two attached hydrogens (primary N) is 1. The molecule has 6 nitrogen and oxygen atoms in total. The third-order valence-corrected chi connectivity index (χ3v) is 3.89. The first-order valence-electron chi connectivity index (χ1n) is 7.66. The summed E-state index contributed by atoms with van der Waals surface area (Å²) in [4.78, 5) is 12.3. The van der Waals surface area contributed by atoms with Crippen LogP contribution >= 0.6 is 11.6 Å². The van der Waals surface area contributed by atoms with E-state index in [1.165, 1.54) is 16.8 Å². The van der Waals surface area contributed by atoms with E-state index in [9.17, 15) is 18.0 Å². The molecular formula is C17H13ClF3N5O. The fraction of sp³-hybridized carbons (Fsp3) is 0.118. The number of halogens is 4. The Balaban J connectivity index is 1.77. The maximum absolute atomic E-state index is 12.8. The van der Waals surface area contributed by atoms with Crippen LogP contribution in [-0.4, -0.2) is 20.9 Å². The summed E-state index contributed by atoms with van der Waals surface area (Å²) in [6.45, 7) is 0.232. The van der Waals surface area contributed by atoms with Gasteiger partial charge in [-0.1, -0.05) is 35.0 Å². The van der Waals surface area contributed by atoms with Gasteiger partial charge < -0.3 is 11.1 Å². The van der Waals surface area contributed by atoms with Crippen molar-refractivity contribution >= 4 is 29.0 Å². The second kappa shape index (κ2) is 7.28. The summed E-state index contributed by atoms with van der Waals surface area (Å²) >= 11 is 5.92. The quantitative estimate of drug-likeness (QED) is 0.703. The Kier molecular flexibility index (Phi) is 5.04. The topological polar surface area (TPSA) is 85.8 Å². The number of hydrogen-bond donors (Lipinski definition) is 2. The summed E-state index contributed by atoms with van der Waals surface area (Å²) in [5.74, 6) is -0.774. The lowest BCUT2D eigenvalue weighted by atomic mass is 10.2. The van der Waals surface area contributed by atoms with Crippen LogP contribution in [0.5, 0.6) is 0 Å². The van der Waals surface area contributed by atoms with Gasteiger partial charge in [0.25, 0.3) is 5.91 Å². The summed E-state index contributed by atoms with van der Waals surface area (Å²) in [7, 11) is 0. The van der Waals surface area contributed by atoms with Crippen LogP contribution in [0.3, 0.4) is 0 Å². The van der Waals surface area contributed by atoms with Crippen molar-refractivity contribution in [1.29, 1.82) is 0 Å². The fourth-order valence-corrected chi connectivity index (χ4v) is 2.58. The zero-order valence-corrected chi connectivity index (χ0v) is 14.4. The number of hydrogen-bond acceptors (Lipinski definition) is 4. The van der Waals surface area contributed by atoms with Crippen molar-refractivity contribution < 1.29 is 18.0 Å². The molecule has 0 saturated carbocycles. The van der Waals surface area contributed by atoms with Gasteiger partial charge in [-0.2, -0.15) is 13.2 Å². The van der Waals surface area contributed by atoms with Gasteiger partial charge in [0.15, 0.2) is 11.5 Å². The largest absolute Gasteiger partial charge is 0.416 e. The normalized spacial score (nSPS) is 11.4. The summed E-state index contributed by atoms with van der Waals surface area (Å²) in [6, 6.07) is 11.2. The Morgan fingerprint density at radius 2 is 1.93 bits per heavy atom. The van der Waals surface area contributed by atoms with E-state index in [0.717, 1.165) is 17.7 Å². The number of benzene rings is 2. The van der Waals surface area contributed by atoms with Gasteiger partial charge in [0.05, 0.1) is 12.1 Å². The molecule has 0 aliphatic rings. The van der Waals surface area contributed by atoms with Gasteiger partial charge in [-0.3, -0.25) is 4.79 Å². The Morgan fingerprint density at radius 3 is 2.63 bits per heavy atom.